The van der Waals surface area contributed by atoms with E-state index in [4.69, 9.17) is 0 Å². The molecule has 0 saturated heterocycles. The molecule has 11 heavy (non-hydrogen) atoms. The molecule has 1 aliphatic carbocycles. The summed E-state index contributed by atoms with van der Waals surface area (Å²) in [6.07, 6.45) is 5.64. The van der Waals surface area contributed by atoms with Gasteiger partial charge in [-0.2, -0.15) is 0 Å². The highest BCUT2D eigenvalue weighted by Gasteiger charge is 2.07. The van der Waals surface area contributed by atoms with E-state index in [9.17, 15) is 0 Å². The zero-order valence-corrected chi connectivity index (χ0v) is 8.21. The first-order chi connectivity index (χ1) is 5.36. The first-order valence-corrected chi connectivity index (χ1v) is 4.73. The molecule has 55 valence electrons. The molecule has 1 radical (unpaired) electrons. The summed E-state index contributed by atoms with van der Waals surface area (Å²) in [5.41, 5.74) is 2.73. The number of hydrogen-bond donors (Lipinski definition) is 0. The molecule has 0 aromatic heterocycles. The van der Waals surface area contributed by atoms with E-state index >= 15 is 0 Å². The highest BCUT2D eigenvalue weighted by Crippen LogP contribution is 2.27. The Morgan fingerprint density at radius 3 is 2.18 bits per heavy atom. The van der Waals surface area contributed by atoms with Gasteiger partial charge >= 0.3 is 0 Å². The van der Waals surface area contributed by atoms with Gasteiger partial charge in [0.2, 0.25) is 0 Å². The Labute approximate surface area is 80.5 Å². The number of halogens is 1. The molecule has 0 spiro atoms. The lowest BCUT2D eigenvalue weighted by Gasteiger charge is -2.13. The number of rotatable bonds is 1. The molecule has 0 bridgehead atoms. The Bertz CT molecular complexity index is 282. The Morgan fingerprint density at radius 2 is 1.73 bits per heavy atom. The van der Waals surface area contributed by atoms with E-state index in [1.54, 1.807) is 0 Å². The minimum absolute atomic E-state index is 1.14. The maximum Gasteiger partial charge on any atom is 0.0130 e. The van der Waals surface area contributed by atoms with Crippen molar-refractivity contribution < 1.29 is 0 Å². The van der Waals surface area contributed by atoms with Gasteiger partial charge in [-0.3, -0.25) is 0 Å². The van der Waals surface area contributed by atoms with Crippen LogP contribution >= 0.6 is 22.6 Å². The monoisotopic (exact) mass is 255 g/mol. The average Bonchev–Trinajstić information content (AvgIpc) is 1.90. The van der Waals surface area contributed by atoms with Gasteiger partial charge in [-0.25, -0.2) is 0 Å². The van der Waals surface area contributed by atoms with E-state index in [1.165, 1.54) is 14.7 Å². The van der Waals surface area contributed by atoms with Crippen LogP contribution in [0.5, 0.6) is 0 Å². The Balaban J connectivity index is 2.32. The fourth-order valence-corrected chi connectivity index (χ4v) is 1.47. The van der Waals surface area contributed by atoms with Crippen LogP contribution in [0.1, 0.15) is 12.0 Å². The first-order valence-electron chi connectivity index (χ1n) is 3.65. The summed E-state index contributed by atoms with van der Waals surface area (Å²) in [7, 11) is 0. The molecule has 0 unspecified atom stereocenters. The molecule has 1 aromatic carbocycles. The summed E-state index contributed by atoms with van der Waals surface area (Å²) in [5, 5.41) is 0. The topological polar surface area (TPSA) is 0 Å². The van der Waals surface area contributed by atoms with E-state index in [0.29, 0.717) is 0 Å². The lowest BCUT2D eigenvalue weighted by Crippen LogP contribution is -1.93. The van der Waals surface area contributed by atoms with Crippen molar-refractivity contribution in [3.63, 3.8) is 0 Å². The van der Waals surface area contributed by atoms with Crippen molar-refractivity contribution >= 4 is 28.2 Å². The van der Waals surface area contributed by atoms with Gasteiger partial charge in [-0.1, -0.05) is 18.2 Å². The summed E-state index contributed by atoms with van der Waals surface area (Å²) < 4.78 is 1.30. The number of allylic oxidation sites excluding steroid dienone is 2. The summed E-state index contributed by atoms with van der Waals surface area (Å²) in [6, 6.07) is 8.62. The zero-order valence-electron chi connectivity index (χ0n) is 6.05. The van der Waals surface area contributed by atoms with Gasteiger partial charge in [0.05, 0.1) is 0 Å². The minimum Gasteiger partial charge on any atom is -0.0798 e. The predicted molar refractivity (Wildman–Crippen MR) is 56.1 cm³/mol. The second kappa shape index (κ2) is 2.97. The molecule has 0 heterocycles. The van der Waals surface area contributed by atoms with E-state index in [1.807, 2.05) is 0 Å². The molecule has 0 fully saturated rings. The standard InChI is InChI=1S/C10H8I/c11-10-6-4-9(5-7-10)8-2-1-3-8/h2-7H,1H2. The van der Waals surface area contributed by atoms with Gasteiger partial charge in [0.25, 0.3) is 0 Å². The van der Waals surface area contributed by atoms with Crippen molar-refractivity contribution in [1.29, 1.82) is 0 Å². The van der Waals surface area contributed by atoms with Gasteiger partial charge in [0, 0.05) is 3.57 Å². The summed E-state index contributed by atoms with van der Waals surface area (Å²) in [5.74, 6) is 0. The van der Waals surface area contributed by atoms with Gasteiger partial charge < -0.3 is 0 Å². The van der Waals surface area contributed by atoms with E-state index < -0.39 is 0 Å². The van der Waals surface area contributed by atoms with Gasteiger partial charge in [0.1, 0.15) is 0 Å². The summed E-state index contributed by atoms with van der Waals surface area (Å²) in [4.78, 5) is 0. The van der Waals surface area contributed by atoms with Gasteiger partial charge in [0.15, 0.2) is 0 Å². The van der Waals surface area contributed by atoms with Crippen LogP contribution in [-0.4, -0.2) is 0 Å². The molecule has 0 atom stereocenters. The average molecular weight is 255 g/mol. The van der Waals surface area contributed by atoms with Crippen molar-refractivity contribution in [2.24, 2.45) is 0 Å². The molecule has 0 nitrogen and oxygen atoms in total. The molecule has 2 rings (SSSR count). The van der Waals surface area contributed by atoms with Crippen LogP contribution in [-0.2, 0) is 0 Å². The van der Waals surface area contributed by atoms with Crippen molar-refractivity contribution in [2.45, 2.75) is 6.42 Å². The Hall–Kier alpha value is -0.310. The minimum atomic E-state index is 1.14. The molecule has 0 amide bonds. The number of benzene rings is 1. The van der Waals surface area contributed by atoms with E-state index in [-0.39, 0.29) is 0 Å². The van der Waals surface area contributed by atoms with Crippen LogP contribution in [0, 0.1) is 9.99 Å². The fourth-order valence-electron chi connectivity index (χ4n) is 1.11. The summed E-state index contributed by atoms with van der Waals surface area (Å²) in [6.45, 7) is 0. The second-order valence-corrected chi connectivity index (χ2v) is 3.85. The van der Waals surface area contributed by atoms with Gasteiger partial charge in [-0.05, 0) is 58.7 Å². The molecule has 0 saturated carbocycles. The Morgan fingerprint density at radius 1 is 1.09 bits per heavy atom. The third kappa shape index (κ3) is 1.48. The molecule has 1 aliphatic rings. The lowest BCUT2D eigenvalue weighted by atomic mass is 9.92. The van der Waals surface area contributed by atoms with E-state index in [0.717, 1.165) is 6.42 Å². The van der Waals surface area contributed by atoms with Crippen LogP contribution in [0.15, 0.2) is 30.3 Å². The Kier molecular flexibility index (Phi) is 1.98. The van der Waals surface area contributed by atoms with Crippen LogP contribution < -0.4 is 0 Å². The largest absolute Gasteiger partial charge is 0.0798 e. The van der Waals surface area contributed by atoms with Crippen molar-refractivity contribution in [3.8, 4) is 0 Å². The maximum atomic E-state index is 2.32. The molecular formula is C10H8I. The summed E-state index contributed by atoms with van der Waals surface area (Å²) >= 11 is 2.32. The van der Waals surface area contributed by atoms with Crippen LogP contribution in [0.4, 0.5) is 0 Å². The fraction of sp³-hybridized carbons (Fsp3) is 0.100. The molecule has 0 aliphatic heterocycles. The van der Waals surface area contributed by atoms with Gasteiger partial charge in [-0.15, -0.1) is 0 Å². The molecule has 1 aromatic rings. The number of hydrogen-bond acceptors (Lipinski definition) is 0. The van der Waals surface area contributed by atoms with Crippen LogP contribution in [0.3, 0.4) is 0 Å². The second-order valence-electron chi connectivity index (χ2n) is 2.61. The maximum absolute atomic E-state index is 2.32. The SMILES string of the molecule is Ic1ccc(C2=CC[CH]2)cc1. The van der Waals surface area contributed by atoms with E-state index in [2.05, 4.69) is 59.4 Å². The van der Waals surface area contributed by atoms with Crippen LogP contribution in [0.2, 0.25) is 0 Å². The third-order valence-corrected chi connectivity index (χ3v) is 2.57. The predicted octanol–water partition coefficient (Wildman–Crippen LogP) is 3.28. The lowest BCUT2D eigenvalue weighted by molar-refractivity contribution is 1.21. The van der Waals surface area contributed by atoms with Crippen LogP contribution in [0.25, 0.3) is 5.57 Å². The smallest absolute Gasteiger partial charge is 0.0130 e. The zero-order chi connectivity index (χ0) is 7.68. The molecular weight excluding hydrogens is 247 g/mol. The highest BCUT2D eigenvalue weighted by atomic mass is 127. The molecule has 1 heteroatoms. The highest BCUT2D eigenvalue weighted by molar-refractivity contribution is 14.1. The van der Waals surface area contributed by atoms with Crippen molar-refractivity contribution in [1.82, 2.24) is 0 Å². The third-order valence-electron chi connectivity index (χ3n) is 1.85. The normalized spacial score (nSPS) is 15.5. The molecule has 0 N–H and O–H groups in total. The quantitative estimate of drug-likeness (QED) is 0.675. The van der Waals surface area contributed by atoms with Crippen molar-refractivity contribution in [2.75, 3.05) is 0 Å². The first kappa shape index (κ1) is 7.35. The van der Waals surface area contributed by atoms with Crippen molar-refractivity contribution in [3.05, 3.63) is 45.9 Å².